The van der Waals surface area contributed by atoms with E-state index in [2.05, 4.69) is 12.2 Å². The molecule has 0 aromatic carbocycles. The number of nitrogens with two attached hydrogens (primary N) is 1. The predicted molar refractivity (Wildman–Crippen MR) is 79.1 cm³/mol. The summed E-state index contributed by atoms with van der Waals surface area (Å²) in [5.41, 5.74) is 5.68. The van der Waals surface area contributed by atoms with Gasteiger partial charge >= 0.3 is 5.97 Å². The fourth-order valence-corrected chi connectivity index (χ4v) is 2.32. The summed E-state index contributed by atoms with van der Waals surface area (Å²) in [5, 5.41) is 2.76. The molecule has 0 saturated carbocycles. The van der Waals surface area contributed by atoms with Crippen molar-refractivity contribution in [3.63, 3.8) is 0 Å². The summed E-state index contributed by atoms with van der Waals surface area (Å²) < 4.78 is 4.82. The van der Waals surface area contributed by atoms with Crippen LogP contribution in [-0.2, 0) is 14.3 Å². The highest BCUT2D eigenvalue weighted by atomic mass is 32.2. The van der Waals surface area contributed by atoms with Crippen LogP contribution in [0.3, 0.4) is 0 Å². The topological polar surface area (TPSA) is 81.4 Å². The molecule has 2 atom stereocenters. The molecule has 0 aliphatic heterocycles. The number of carbonyl (C=O) groups is 2. The second-order valence-electron chi connectivity index (χ2n) is 4.30. The molecule has 3 N–H and O–H groups in total. The molecule has 1 amide bonds. The fourth-order valence-electron chi connectivity index (χ4n) is 1.35. The first-order valence-corrected chi connectivity index (χ1v) is 7.89. The molecule has 0 aliphatic rings. The lowest BCUT2D eigenvalue weighted by Crippen LogP contribution is -2.34. The number of thioether (sulfide) groups is 1. The average Bonchev–Trinajstić information content (AvgIpc) is 2.38. The first-order valence-electron chi connectivity index (χ1n) is 6.84. The molecule has 0 fully saturated rings. The number of hydrogen-bond donors (Lipinski definition) is 2. The minimum Gasteiger partial charge on any atom is -0.465 e. The van der Waals surface area contributed by atoms with Gasteiger partial charge in [-0.3, -0.25) is 9.59 Å². The lowest BCUT2D eigenvalue weighted by atomic mass is 10.2. The lowest BCUT2D eigenvalue weighted by Gasteiger charge is -2.13. The van der Waals surface area contributed by atoms with E-state index in [4.69, 9.17) is 10.5 Å². The maximum Gasteiger partial charge on any atom is 0.322 e. The van der Waals surface area contributed by atoms with Crippen LogP contribution >= 0.6 is 11.8 Å². The highest BCUT2D eigenvalue weighted by Crippen LogP contribution is 2.13. The average molecular weight is 290 g/mol. The maximum atomic E-state index is 11.7. The Morgan fingerprint density at radius 1 is 1.37 bits per heavy atom. The molecule has 5 nitrogen and oxygen atoms in total. The highest BCUT2D eigenvalue weighted by molar-refractivity contribution is 8.00. The van der Waals surface area contributed by atoms with Crippen LogP contribution in [0.15, 0.2) is 0 Å². The van der Waals surface area contributed by atoms with Gasteiger partial charge in [0.05, 0.1) is 11.9 Å². The Bertz CT molecular complexity index is 275. The standard InChI is InChI=1S/C13H26N2O3S/c1-4-6-8-15-12(16)10(3)19-9-7-11(14)13(17)18-5-2/h10-11H,4-9,14H2,1-3H3,(H,15,16). The van der Waals surface area contributed by atoms with Gasteiger partial charge in [0, 0.05) is 6.54 Å². The van der Waals surface area contributed by atoms with Crippen molar-refractivity contribution in [2.24, 2.45) is 5.73 Å². The Kier molecular flexibility index (Phi) is 10.7. The molecular formula is C13H26N2O3S. The summed E-state index contributed by atoms with van der Waals surface area (Å²) in [6.07, 6.45) is 2.59. The van der Waals surface area contributed by atoms with E-state index in [1.54, 1.807) is 6.92 Å². The first-order chi connectivity index (χ1) is 9.02. The molecule has 6 heteroatoms. The smallest absolute Gasteiger partial charge is 0.322 e. The van der Waals surface area contributed by atoms with Crippen molar-refractivity contribution < 1.29 is 14.3 Å². The van der Waals surface area contributed by atoms with Crippen molar-refractivity contribution in [1.29, 1.82) is 0 Å². The number of rotatable bonds is 10. The fraction of sp³-hybridized carbons (Fsp3) is 0.846. The minimum absolute atomic E-state index is 0.0446. The molecule has 0 radical (unpaired) electrons. The molecule has 0 aromatic rings. The number of amides is 1. The van der Waals surface area contributed by atoms with Gasteiger partial charge in [0.1, 0.15) is 6.04 Å². The van der Waals surface area contributed by atoms with Gasteiger partial charge in [0.25, 0.3) is 0 Å². The minimum atomic E-state index is -0.595. The largest absolute Gasteiger partial charge is 0.465 e. The van der Waals surface area contributed by atoms with E-state index in [1.165, 1.54) is 11.8 Å². The van der Waals surface area contributed by atoms with Crippen LogP contribution in [0.4, 0.5) is 0 Å². The van der Waals surface area contributed by atoms with Gasteiger partial charge in [-0.15, -0.1) is 11.8 Å². The van der Waals surface area contributed by atoms with Crippen LogP contribution in [-0.4, -0.2) is 42.1 Å². The van der Waals surface area contributed by atoms with Crippen LogP contribution in [0.25, 0.3) is 0 Å². The third kappa shape index (κ3) is 8.88. The van der Waals surface area contributed by atoms with E-state index in [-0.39, 0.29) is 17.1 Å². The van der Waals surface area contributed by atoms with Gasteiger partial charge in [0.15, 0.2) is 0 Å². The summed E-state index contributed by atoms with van der Waals surface area (Å²) >= 11 is 1.51. The van der Waals surface area contributed by atoms with Crippen molar-refractivity contribution in [2.45, 2.75) is 51.3 Å². The van der Waals surface area contributed by atoms with Crippen molar-refractivity contribution in [3.05, 3.63) is 0 Å². The highest BCUT2D eigenvalue weighted by Gasteiger charge is 2.17. The van der Waals surface area contributed by atoms with Crippen LogP contribution in [0, 0.1) is 0 Å². The molecule has 2 unspecified atom stereocenters. The zero-order valence-electron chi connectivity index (χ0n) is 12.1. The monoisotopic (exact) mass is 290 g/mol. The molecule has 0 bridgehead atoms. The molecule has 0 aromatic heterocycles. The third-order valence-corrected chi connectivity index (χ3v) is 3.77. The van der Waals surface area contributed by atoms with Crippen LogP contribution in [0.1, 0.15) is 40.0 Å². The zero-order valence-corrected chi connectivity index (χ0v) is 12.9. The lowest BCUT2D eigenvalue weighted by molar-refractivity contribution is -0.144. The van der Waals surface area contributed by atoms with E-state index in [0.717, 1.165) is 19.4 Å². The molecule has 0 rings (SSSR count). The maximum absolute atomic E-state index is 11.7. The summed E-state index contributed by atoms with van der Waals surface area (Å²) in [6, 6.07) is -0.595. The summed E-state index contributed by atoms with van der Waals surface area (Å²) in [7, 11) is 0. The van der Waals surface area contributed by atoms with E-state index in [0.29, 0.717) is 18.8 Å². The third-order valence-electron chi connectivity index (χ3n) is 2.58. The number of unbranched alkanes of at least 4 members (excludes halogenated alkanes) is 1. The first kappa shape index (κ1) is 18.2. The van der Waals surface area contributed by atoms with Gasteiger partial charge in [-0.2, -0.15) is 0 Å². The number of carbonyl (C=O) groups excluding carboxylic acids is 2. The van der Waals surface area contributed by atoms with Gasteiger partial charge in [0.2, 0.25) is 5.91 Å². The van der Waals surface area contributed by atoms with Gasteiger partial charge in [-0.25, -0.2) is 0 Å². The number of ether oxygens (including phenoxy) is 1. The van der Waals surface area contributed by atoms with Crippen LogP contribution in [0.2, 0.25) is 0 Å². The van der Waals surface area contributed by atoms with Crippen LogP contribution in [0.5, 0.6) is 0 Å². The van der Waals surface area contributed by atoms with Crippen molar-refractivity contribution in [2.75, 3.05) is 18.9 Å². The Hall–Kier alpha value is -0.750. The van der Waals surface area contributed by atoms with Crippen LogP contribution < -0.4 is 11.1 Å². The van der Waals surface area contributed by atoms with Gasteiger partial charge in [-0.1, -0.05) is 13.3 Å². The van der Waals surface area contributed by atoms with E-state index >= 15 is 0 Å². The summed E-state index contributed by atoms with van der Waals surface area (Å²) in [4.78, 5) is 23.0. The second kappa shape index (κ2) is 11.1. The van der Waals surface area contributed by atoms with Crippen molar-refractivity contribution in [3.8, 4) is 0 Å². The van der Waals surface area contributed by atoms with Crippen molar-refractivity contribution in [1.82, 2.24) is 5.32 Å². The Balaban J connectivity index is 3.75. The quantitative estimate of drug-likeness (QED) is 0.468. The second-order valence-corrected chi connectivity index (χ2v) is 5.75. The van der Waals surface area contributed by atoms with E-state index in [9.17, 15) is 9.59 Å². The molecule has 0 saturated heterocycles. The normalized spacial score (nSPS) is 13.7. The molecule has 19 heavy (non-hydrogen) atoms. The zero-order chi connectivity index (χ0) is 14.7. The van der Waals surface area contributed by atoms with E-state index < -0.39 is 6.04 Å². The molecule has 0 heterocycles. The van der Waals surface area contributed by atoms with Gasteiger partial charge < -0.3 is 15.8 Å². The van der Waals surface area contributed by atoms with Gasteiger partial charge in [-0.05, 0) is 32.4 Å². The van der Waals surface area contributed by atoms with Crippen molar-refractivity contribution >= 4 is 23.6 Å². The molecule has 0 aliphatic carbocycles. The Morgan fingerprint density at radius 2 is 2.05 bits per heavy atom. The molecule has 112 valence electrons. The number of hydrogen-bond acceptors (Lipinski definition) is 5. The summed E-state index contributed by atoms with van der Waals surface area (Å²) in [6.45, 7) is 6.77. The summed E-state index contributed by atoms with van der Waals surface area (Å²) in [5.74, 6) is 0.341. The molecule has 0 spiro atoms. The SMILES string of the molecule is CCCCNC(=O)C(C)SCCC(N)C(=O)OCC. The van der Waals surface area contributed by atoms with E-state index in [1.807, 2.05) is 6.92 Å². The Morgan fingerprint density at radius 3 is 2.63 bits per heavy atom. The molecular weight excluding hydrogens is 264 g/mol. The number of esters is 1. The predicted octanol–water partition coefficient (Wildman–Crippen LogP) is 1.30. The Labute approximate surface area is 120 Å². The number of nitrogens with one attached hydrogen (secondary N) is 1.